The van der Waals surface area contributed by atoms with Gasteiger partial charge in [0.2, 0.25) is 5.91 Å². The largest absolute Gasteiger partial charge is 0.388 e. The minimum absolute atomic E-state index is 0.0942. The summed E-state index contributed by atoms with van der Waals surface area (Å²) < 4.78 is 12.8. The number of halogens is 1. The van der Waals surface area contributed by atoms with Gasteiger partial charge >= 0.3 is 0 Å². The molecule has 1 heterocycles. The molecule has 3 nitrogen and oxygen atoms in total. The van der Waals surface area contributed by atoms with E-state index in [1.54, 1.807) is 24.0 Å². The maximum absolute atomic E-state index is 12.8. The van der Waals surface area contributed by atoms with Crippen molar-refractivity contribution < 1.29 is 14.3 Å². The molecule has 0 radical (unpaired) electrons. The van der Waals surface area contributed by atoms with E-state index in [0.717, 1.165) is 18.4 Å². The molecule has 1 aromatic rings. The van der Waals surface area contributed by atoms with Gasteiger partial charge < -0.3 is 10.0 Å². The molecule has 20 heavy (non-hydrogen) atoms. The highest BCUT2D eigenvalue weighted by atomic mass is 19.1. The molecular weight excluding hydrogens is 257 g/mol. The highest BCUT2D eigenvalue weighted by Crippen LogP contribution is 2.27. The minimum Gasteiger partial charge on any atom is -0.388 e. The van der Waals surface area contributed by atoms with E-state index in [-0.39, 0.29) is 17.6 Å². The summed E-state index contributed by atoms with van der Waals surface area (Å²) in [7, 11) is 0. The number of carbonyl (C=O) groups excluding carboxylic acids is 1. The number of likely N-dealkylation sites (tertiary alicyclic amines) is 1. The van der Waals surface area contributed by atoms with Crippen molar-refractivity contribution in [1.29, 1.82) is 0 Å². The van der Waals surface area contributed by atoms with Gasteiger partial charge in [-0.2, -0.15) is 0 Å². The van der Waals surface area contributed by atoms with Gasteiger partial charge in [-0.3, -0.25) is 4.79 Å². The van der Waals surface area contributed by atoms with Crippen LogP contribution < -0.4 is 0 Å². The van der Waals surface area contributed by atoms with Crippen molar-refractivity contribution in [3.05, 3.63) is 35.6 Å². The van der Waals surface area contributed by atoms with Crippen LogP contribution in [0.25, 0.3) is 0 Å². The van der Waals surface area contributed by atoms with Crippen molar-refractivity contribution in [2.24, 2.45) is 5.92 Å². The first-order chi connectivity index (χ1) is 9.38. The van der Waals surface area contributed by atoms with Crippen molar-refractivity contribution in [1.82, 2.24) is 4.90 Å². The summed E-state index contributed by atoms with van der Waals surface area (Å²) in [6.45, 7) is 4.79. The van der Waals surface area contributed by atoms with E-state index < -0.39 is 5.60 Å². The second kappa shape index (κ2) is 5.92. The molecule has 0 spiro atoms. The summed E-state index contributed by atoms with van der Waals surface area (Å²) in [6.07, 6.45) is 1.99. The number of hydrogen-bond donors (Lipinski definition) is 1. The minimum atomic E-state index is -0.771. The van der Waals surface area contributed by atoms with Gasteiger partial charge in [0.1, 0.15) is 5.82 Å². The van der Waals surface area contributed by atoms with Gasteiger partial charge in [0.15, 0.2) is 0 Å². The Balaban J connectivity index is 1.77. The summed E-state index contributed by atoms with van der Waals surface area (Å²) in [4.78, 5) is 13.8. The lowest BCUT2D eigenvalue weighted by Crippen LogP contribution is -2.35. The molecular formula is C16H22FNO2. The summed E-state index contributed by atoms with van der Waals surface area (Å²) >= 11 is 0. The topological polar surface area (TPSA) is 40.5 Å². The van der Waals surface area contributed by atoms with Gasteiger partial charge in [0, 0.05) is 25.4 Å². The third-order valence-electron chi connectivity index (χ3n) is 4.19. The molecule has 0 bridgehead atoms. The van der Waals surface area contributed by atoms with Gasteiger partial charge in [-0.25, -0.2) is 4.39 Å². The molecule has 2 atom stereocenters. The molecule has 1 aliphatic heterocycles. The maximum Gasteiger partial charge on any atom is 0.222 e. The lowest BCUT2D eigenvalue weighted by Gasteiger charge is -2.20. The number of carbonyl (C=O) groups is 1. The first-order valence-corrected chi connectivity index (χ1v) is 7.13. The summed E-state index contributed by atoms with van der Waals surface area (Å²) in [5, 5.41) is 10.1. The first-order valence-electron chi connectivity index (χ1n) is 7.13. The van der Waals surface area contributed by atoms with Gasteiger partial charge in [-0.1, -0.05) is 19.1 Å². The van der Waals surface area contributed by atoms with E-state index in [1.165, 1.54) is 12.1 Å². The molecule has 1 aliphatic rings. The predicted octanol–water partition coefficient (Wildman–Crippen LogP) is 2.38. The van der Waals surface area contributed by atoms with Crippen LogP contribution in [0, 0.1) is 11.7 Å². The number of β-amino-alcohol motifs (C(OH)–C–C–N with tert-alkyl or cyclic N) is 1. The Bertz CT molecular complexity index is 470. The lowest BCUT2D eigenvalue weighted by molar-refractivity contribution is -0.131. The summed E-state index contributed by atoms with van der Waals surface area (Å²) in [5.74, 6) is -0.0293. The van der Waals surface area contributed by atoms with E-state index >= 15 is 0 Å². The average molecular weight is 279 g/mol. The van der Waals surface area contributed by atoms with Gasteiger partial charge in [-0.05, 0) is 37.5 Å². The van der Waals surface area contributed by atoms with E-state index in [4.69, 9.17) is 0 Å². The van der Waals surface area contributed by atoms with Crippen LogP contribution in [0.3, 0.4) is 0 Å². The van der Waals surface area contributed by atoms with Crippen molar-refractivity contribution in [2.75, 3.05) is 13.1 Å². The predicted molar refractivity (Wildman–Crippen MR) is 75.7 cm³/mol. The third kappa shape index (κ3) is 3.57. The Kier molecular flexibility index (Phi) is 4.43. The fourth-order valence-corrected chi connectivity index (χ4v) is 2.58. The highest BCUT2D eigenvalue weighted by molar-refractivity contribution is 5.76. The van der Waals surface area contributed by atoms with Crippen LogP contribution in [0.5, 0.6) is 0 Å². The Morgan fingerprint density at radius 2 is 2.10 bits per heavy atom. The zero-order valence-electron chi connectivity index (χ0n) is 12.1. The zero-order valence-corrected chi connectivity index (χ0v) is 12.1. The number of aryl methyl sites for hydroxylation is 1. The average Bonchev–Trinajstić information content (AvgIpc) is 2.66. The molecule has 1 aromatic carbocycles. The van der Waals surface area contributed by atoms with Crippen LogP contribution in [0.4, 0.5) is 4.39 Å². The Morgan fingerprint density at radius 1 is 1.45 bits per heavy atom. The quantitative estimate of drug-likeness (QED) is 0.919. The van der Waals surface area contributed by atoms with Crippen molar-refractivity contribution >= 4 is 5.91 Å². The van der Waals surface area contributed by atoms with Crippen LogP contribution in [0.15, 0.2) is 24.3 Å². The molecule has 0 aromatic heterocycles. The number of nitrogens with zero attached hydrogens (tertiary/aromatic N) is 1. The standard InChI is InChI=1S/C16H22FNO2/c1-12-10-18(11-16(12,2)20)15(19)5-3-4-13-6-8-14(17)9-7-13/h6-9,12,20H,3-5,10-11H2,1-2H3/t12-,16+/m0/s1. The summed E-state index contributed by atoms with van der Waals surface area (Å²) in [5.41, 5.74) is 0.271. The molecule has 1 fully saturated rings. The molecule has 110 valence electrons. The smallest absolute Gasteiger partial charge is 0.222 e. The fourth-order valence-electron chi connectivity index (χ4n) is 2.58. The molecule has 1 saturated heterocycles. The molecule has 0 unspecified atom stereocenters. The summed E-state index contributed by atoms with van der Waals surface area (Å²) in [6, 6.07) is 6.39. The SMILES string of the molecule is C[C@H]1CN(C(=O)CCCc2ccc(F)cc2)C[C@@]1(C)O. The second-order valence-corrected chi connectivity index (χ2v) is 6.01. The van der Waals surface area contributed by atoms with E-state index in [9.17, 15) is 14.3 Å². The number of amides is 1. The molecule has 0 saturated carbocycles. The van der Waals surface area contributed by atoms with Gasteiger partial charge in [-0.15, -0.1) is 0 Å². The molecule has 2 rings (SSSR count). The second-order valence-electron chi connectivity index (χ2n) is 6.01. The number of hydrogen-bond acceptors (Lipinski definition) is 2. The Labute approximate surface area is 119 Å². The first kappa shape index (κ1) is 15.0. The van der Waals surface area contributed by atoms with Crippen molar-refractivity contribution in [3.8, 4) is 0 Å². The zero-order chi connectivity index (χ0) is 14.8. The Morgan fingerprint density at radius 3 is 2.65 bits per heavy atom. The van der Waals surface area contributed by atoms with Gasteiger partial charge in [0.05, 0.1) is 5.60 Å². The van der Waals surface area contributed by atoms with E-state index in [2.05, 4.69) is 0 Å². The normalized spacial score (nSPS) is 26.0. The van der Waals surface area contributed by atoms with Gasteiger partial charge in [0.25, 0.3) is 0 Å². The van der Waals surface area contributed by atoms with Crippen LogP contribution >= 0.6 is 0 Å². The number of benzene rings is 1. The molecule has 1 amide bonds. The molecule has 0 aliphatic carbocycles. The van der Waals surface area contributed by atoms with Crippen LogP contribution in [0.1, 0.15) is 32.3 Å². The van der Waals surface area contributed by atoms with Crippen LogP contribution in [0.2, 0.25) is 0 Å². The monoisotopic (exact) mass is 279 g/mol. The highest BCUT2D eigenvalue weighted by Gasteiger charge is 2.40. The maximum atomic E-state index is 12.8. The number of aliphatic hydroxyl groups is 1. The van der Waals surface area contributed by atoms with Crippen LogP contribution in [-0.4, -0.2) is 34.6 Å². The van der Waals surface area contributed by atoms with E-state index in [0.29, 0.717) is 19.5 Å². The van der Waals surface area contributed by atoms with Crippen molar-refractivity contribution in [3.63, 3.8) is 0 Å². The van der Waals surface area contributed by atoms with Crippen LogP contribution in [-0.2, 0) is 11.2 Å². The molecule has 4 heteroatoms. The fraction of sp³-hybridized carbons (Fsp3) is 0.562. The Hall–Kier alpha value is -1.42. The number of rotatable bonds is 4. The van der Waals surface area contributed by atoms with Crippen molar-refractivity contribution in [2.45, 2.75) is 38.7 Å². The third-order valence-corrected chi connectivity index (χ3v) is 4.19. The lowest BCUT2D eigenvalue weighted by atomic mass is 9.95. The van der Waals surface area contributed by atoms with E-state index in [1.807, 2.05) is 6.92 Å². The molecule has 1 N–H and O–H groups in total.